The maximum absolute atomic E-state index is 12.5. The number of carbonyl (C=O) groups is 1. The van der Waals surface area contributed by atoms with E-state index < -0.39 is 0 Å². The lowest BCUT2D eigenvalue weighted by molar-refractivity contribution is 0.0962. The molecule has 0 atom stereocenters. The summed E-state index contributed by atoms with van der Waals surface area (Å²) in [6.07, 6.45) is 5.16. The van der Waals surface area contributed by atoms with E-state index in [-0.39, 0.29) is 5.91 Å². The third-order valence-electron chi connectivity index (χ3n) is 4.18. The van der Waals surface area contributed by atoms with Gasteiger partial charge in [0, 0.05) is 35.1 Å². The summed E-state index contributed by atoms with van der Waals surface area (Å²) >= 11 is 0. The number of hydrogen-bond acceptors (Lipinski definition) is 5. The zero-order chi connectivity index (χ0) is 19.2. The minimum Gasteiger partial charge on any atom is -0.489 e. The largest absolute Gasteiger partial charge is 0.489 e. The molecule has 0 saturated carbocycles. The highest BCUT2D eigenvalue weighted by atomic mass is 16.5. The summed E-state index contributed by atoms with van der Waals surface area (Å²) in [5, 5.41) is 0.929. The number of nitrogens with zero attached hydrogens (tertiary/aromatic N) is 2. The van der Waals surface area contributed by atoms with Gasteiger partial charge in [0.05, 0.1) is 11.2 Å². The Kier molecular flexibility index (Phi) is 5.11. The van der Waals surface area contributed by atoms with Gasteiger partial charge in [-0.2, -0.15) is 0 Å². The van der Waals surface area contributed by atoms with Crippen molar-refractivity contribution in [3.63, 3.8) is 0 Å². The van der Waals surface area contributed by atoms with E-state index in [1.165, 1.54) is 0 Å². The van der Waals surface area contributed by atoms with Crippen molar-refractivity contribution in [3.05, 3.63) is 96.4 Å². The number of aromatic nitrogens is 2. The lowest BCUT2D eigenvalue weighted by Gasteiger charge is -2.12. The van der Waals surface area contributed by atoms with Gasteiger partial charge in [0.1, 0.15) is 12.4 Å². The number of para-hydroxylation sites is 1. The Labute approximate surface area is 162 Å². The standard InChI is InChI=1S/C22H18N4O2/c27-22(26-25-21-10-12-24-20-9-2-1-8-19(20)21)17-6-3-7-18(13-17)28-15-16-5-4-11-23-14-16/h1-14H,15H2,(H,24,25)(H,26,27). The first-order chi connectivity index (χ1) is 13.8. The van der Waals surface area contributed by atoms with Crippen molar-refractivity contribution in [3.8, 4) is 5.75 Å². The Balaban J connectivity index is 1.42. The summed E-state index contributed by atoms with van der Waals surface area (Å²) in [7, 11) is 0. The molecule has 28 heavy (non-hydrogen) atoms. The zero-order valence-electron chi connectivity index (χ0n) is 15.0. The van der Waals surface area contributed by atoms with E-state index in [1.54, 1.807) is 36.8 Å². The minimum absolute atomic E-state index is 0.257. The maximum atomic E-state index is 12.5. The number of rotatable bonds is 6. The first-order valence-corrected chi connectivity index (χ1v) is 8.81. The summed E-state index contributed by atoms with van der Waals surface area (Å²) in [5.74, 6) is 0.360. The molecule has 6 nitrogen and oxygen atoms in total. The Morgan fingerprint density at radius 3 is 2.79 bits per heavy atom. The lowest BCUT2D eigenvalue weighted by Crippen LogP contribution is -2.29. The van der Waals surface area contributed by atoms with Gasteiger partial charge >= 0.3 is 0 Å². The first kappa shape index (κ1) is 17.5. The number of fused-ring (bicyclic) bond motifs is 1. The van der Waals surface area contributed by atoms with Gasteiger partial charge in [-0.05, 0) is 36.4 Å². The Hall–Kier alpha value is -3.93. The van der Waals surface area contributed by atoms with Gasteiger partial charge in [-0.15, -0.1) is 0 Å². The van der Waals surface area contributed by atoms with E-state index in [9.17, 15) is 4.79 Å². The summed E-state index contributed by atoms with van der Waals surface area (Å²) in [5.41, 5.74) is 8.79. The van der Waals surface area contributed by atoms with Crippen molar-refractivity contribution >= 4 is 22.5 Å². The van der Waals surface area contributed by atoms with Crippen LogP contribution in [0, 0.1) is 0 Å². The third-order valence-corrected chi connectivity index (χ3v) is 4.18. The number of carbonyl (C=O) groups excluding carboxylic acids is 1. The molecular weight excluding hydrogens is 352 g/mol. The van der Waals surface area contributed by atoms with E-state index >= 15 is 0 Å². The van der Waals surface area contributed by atoms with Crippen LogP contribution in [0.4, 0.5) is 5.69 Å². The number of amides is 1. The number of hydrogen-bond donors (Lipinski definition) is 2. The minimum atomic E-state index is -0.257. The Morgan fingerprint density at radius 1 is 0.964 bits per heavy atom. The van der Waals surface area contributed by atoms with E-state index in [0.717, 1.165) is 22.2 Å². The van der Waals surface area contributed by atoms with Gasteiger partial charge in [0.2, 0.25) is 0 Å². The average molecular weight is 370 g/mol. The molecule has 0 unspecified atom stereocenters. The normalized spacial score (nSPS) is 10.4. The molecule has 2 aromatic heterocycles. The number of anilines is 1. The van der Waals surface area contributed by atoms with E-state index in [0.29, 0.717) is 17.9 Å². The van der Waals surface area contributed by atoms with Gasteiger partial charge in [0.25, 0.3) is 5.91 Å². The summed E-state index contributed by atoms with van der Waals surface area (Å²) < 4.78 is 5.75. The molecule has 0 aliphatic carbocycles. The lowest BCUT2D eigenvalue weighted by atomic mass is 10.2. The fraction of sp³-hybridized carbons (Fsp3) is 0.0455. The number of hydrazine groups is 1. The molecule has 0 radical (unpaired) electrons. The first-order valence-electron chi connectivity index (χ1n) is 8.81. The second kappa shape index (κ2) is 8.18. The highest BCUT2D eigenvalue weighted by molar-refractivity contribution is 5.97. The van der Waals surface area contributed by atoms with Crippen LogP contribution in [0.2, 0.25) is 0 Å². The molecular formula is C22H18N4O2. The monoisotopic (exact) mass is 370 g/mol. The van der Waals surface area contributed by atoms with Crippen molar-refractivity contribution in [2.75, 3.05) is 5.43 Å². The third kappa shape index (κ3) is 4.07. The fourth-order valence-corrected chi connectivity index (χ4v) is 2.78. The Morgan fingerprint density at radius 2 is 1.89 bits per heavy atom. The second-order valence-electron chi connectivity index (χ2n) is 6.13. The molecule has 0 spiro atoms. The van der Waals surface area contributed by atoms with Crippen LogP contribution in [0.15, 0.2) is 85.3 Å². The van der Waals surface area contributed by atoms with Crippen LogP contribution in [0.25, 0.3) is 10.9 Å². The van der Waals surface area contributed by atoms with Crippen LogP contribution >= 0.6 is 0 Å². The molecule has 2 N–H and O–H groups in total. The summed E-state index contributed by atoms with van der Waals surface area (Å²) in [6, 6.07) is 20.4. The summed E-state index contributed by atoms with van der Waals surface area (Å²) in [6.45, 7) is 0.389. The van der Waals surface area contributed by atoms with Crippen molar-refractivity contribution in [2.45, 2.75) is 6.61 Å². The fourth-order valence-electron chi connectivity index (χ4n) is 2.78. The molecule has 0 bridgehead atoms. The molecule has 0 fully saturated rings. The molecule has 4 rings (SSSR count). The molecule has 0 aliphatic rings. The van der Waals surface area contributed by atoms with Crippen molar-refractivity contribution in [1.29, 1.82) is 0 Å². The van der Waals surface area contributed by atoms with E-state index in [1.807, 2.05) is 48.5 Å². The number of nitrogens with one attached hydrogen (secondary N) is 2. The molecule has 138 valence electrons. The molecule has 1 amide bonds. The number of benzene rings is 2. The predicted molar refractivity (Wildman–Crippen MR) is 108 cm³/mol. The van der Waals surface area contributed by atoms with Gasteiger partial charge in [-0.25, -0.2) is 0 Å². The highest BCUT2D eigenvalue weighted by Gasteiger charge is 2.08. The quantitative estimate of drug-likeness (QED) is 0.502. The summed E-state index contributed by atoms with van der Waals surface area (Å²) in [4.78, 5) is 20.9. The number of ether oxygens (including phenoxy) is 1. The van der Waals surface area contributed by atoms with E-state index in [2.05, 4.69) is 20.8 Å². The average Bonchev–Trinajstić information content (AvgIpc) is 2.77. The van der Waals surface area contributed by atoms with Gasteiger partial charge in [-0.1, -0.05) is 30.3 Å². The highest BCUT2D eigenvalue weighted by Crippen LogP contribution is 2.20. The van der Waals surface area contributed by atoms with Crippen LogP contribution in [0.3, 0.4) is 0 Å². The van der Waals surface area contributed by atoms with Crippen molar-refractivity contribution in [1.82, 2.24) is 15.4 Å². The maximum Gasteiger partial charge on any atom is 0.269 e. The van der Waals surface area contributed by atoms with Gasteiger partial charge < -0.3 is 4.74 Å². The topological polar surface area (TPSA) is 76.1 Å². The molecule has 6 heteroatoms. The molecule has 0 aliphatic heterocycles. The molecule has 2 aromatic carbocycles. The zero-order valence-corrected chi connectivity index (χ0v) is 15.0. The van der Waals surface area contributed by atoms with Crippen molar-refractivity contribution in [2.24, 2.45) is 0 Å². The van der Waals surface area contributed by atoms with Crippen LogP contribution in [-0.2, 0) is 6.61 Å². The Bertz CT molecular complexity index is 1090. The van der Waals surface area contributed by atoms with Crippen molar-refractivity contribution < 1.29 is 9.53 Å². The molecule has 0 saturated heterocycles. The van der Waals surface area contributed by atoms with Gasteiger partial charge in [-0.3, -0.25) is 25.6 Å². The predicted octanol–water partition coefficient (Wildman–Crippen LogP) is 3.97. The number of pyridine rings is 2. The second-order valence-corrected chi connectivity index (χ2v) is 6.13. The van der Waals surface area contributed by atoms with Crippen LogP contribution in [0.5, 0.6) is 5.75 Å². The SMILES string of the molecule is O=C(NNc1ccnc2ccccc12)c1cccc(OCc2cccnc2)c1. The van der Waals surface area contributed by atoms with Crippen LogP contribution in [-0.4, -0.2) is 15.9 Å². The van der Waals surface area contributed by atoms with E-state index in [4.69, 9.17) is 4.74 Å². The molecule has 2 heterocycles. The van der Waals surface area contributed by atoms with Gasteiger partial charge in [0.15, 0.2) is 0 Å². The van der Waals surface area contributed by atoms with Crippen LogP contribution < -0.4 is 15.6 Å². The smallest absolute Gasteiger partial charge is 0.269 e. The van der Waals surface area contributed by atoms with Crippen LogP contribution in [0.1, 0.15) is 15.9 Å². The molecule has 4 aromatic rings.